The first-order chi connectivity index (χ1) is 14.5. The van der Waals surface area contributed by atoms with E-state index in [0.717, 1.165) is 12.1 Å². The smallest absolute Gasteiger partial charge is 0.416 e. The molecule has 1 aliphatic rings. The highest BCUT2D eigenvalue weighted by Gasteiger charge is 2.46. The largest absolute Gasteiger partial charge is 0.482 e. The van der Waals surface area contributed by atoms with Crippen molar-refractivity contribution in [1.82, 2.24) is 0 Å². The molecular formula is C21H22F3O6P. The van der Waals surface area contributed by atoms with E-state index in [-0.39, 0.29) is 24.4 Å². The fourth-order valence-electron chi connectivity index (χ4n) is 2.74. The van der Waals surface area contributed by atoms with Gasteiger partial charge in [0.25, 0.3) is 0 Å². The van der Waals surface area contributed by atoms with Gasteiger partial charge in [0.2, 0.25) is 5.85 Å². The highest BCUT2D eigenvalue weighted by molar-refractivity contribution is 7.54. The number of hydrogen-bond acceptors (Lipinski definition) is 6. The number of alkyl halides is 3. The van der Waals surface area contributed by atoms with Crippen molar-refractivity contribution in [2.45, 2.75) is 25.9 Å². The maximum absolute atomic E-state index is 13.3. The van der Waals surface area contributed by atoms with E-state index < -0.39 is 37.8 Å². The summed E-state index contributed by atoms with van der Waals surface area (Å²) in [6.07, 6.45) is -4.54. The van der Waals surface area contributed by atoms with Crippen LogP contribution >= 0.6 is 7.60 Å². The molecule has 168 valence electrons. The van der Waals surface area contributed by atoms with Gasteiger partial charge in [-0.1, -0.05) is 50.2 Å². The molecule has 2 aromatic rings. The molecule has 0 radical (unpaired) electrons. The first-order valence-electron chi connectivity index (χ1n) is 9.42. The molecule has 1 saturated heterocycles. The Balaban J connectivity index is 1.72. The van der Waals surface area contributed by atoms with Crippen molar-refractivity contribution in [1.29, 1.82) is 0 Å². The second kappa shape index (κ2) is 9.02. The third-order valence-electron chi connectivity index (χ3n) is 4.40. The Morgan fingerprint density at radius 1 is 1.10 bits per heavy atom. The van der Waals surface area contributed by atoms with Gasteiger partial charge in [0.1, 0.15) is 5.75 Å². The molecule has 1 aliphatic heterocycles. The number of esters is 1. The Morgan fingerprint density at radius 3 is 2.35 bits per heavy atom. The molecule has 31 heavy (non-hydrogen) atoms. The van der Waals surface area contributed by atoms with Crippen LogP contribution in [0.25, 0.3) is 0 Å². The number of carbonyl (C=O) groups is 1. The Morgan fingerprint density at radius 2 is 1.74 bits per heavy atom. The molecule has 1 fully saturated rings. The summed E-state index contributed by atoms with van der Waals surface area (Å²) in [4.78, 5) is 12.4. The van der Waals surface area contributed by atoms with Crippen LogP contribution in [-0.2, 0) is 29.3 Å². The molecule has 0 aromatic heterocycles. The molecule has 1 atom stereocenters. The predicted octanol–water partition coefficient (Wildman–Crippen LogP) is 5.59. The number of rotatable bonds is 6. The van der Waals surface area contributed by atoms with Crippen LogP contribution in [0, 0.1) is 5.41 Å². The van der Waals surface area contributed by atoms with E-state index >= 15 is 0 Å². The van der Waals surface area contributed by atoms with Crippen LogP contribution in [0.3, 0.4) is 0 Å². The zero-order chi connectivity index (χ0) is 22.7. The van der Waals surface area contributed by atoms with E-state index in [1.54, 1.807) is 30.3 Å². The fraction of sp³-hybridized carbons (Fsp3) is 0.381. The number of halogens is 3. The summed E-state index contributed by atoms with van der Waals surface area (Å²) in [5.74, 6) is -2.41. The van der Waals surface area contributed by atoms with Crippen LogP contribution in [0.4, 0.5) is 13.2 Å². The minimum absolute atomic E-state index is 0.145. The summed E-state index contributed by atoms with van der Waals surface area (Å²) in [5, 5.41) is 0. The third kappa shape index (κ3) is 6.09. The molecule has 0 N–H and O–H groups in total. The van der Waals surface area contributed by atoms with Gasteiger partial charge >= 0.3 is 19.7 Å². The van der Waals surface area contributed by atoms with Gasteiger partial charge in [-0.25, -0.2) is 4.79 Å². The predicted molar refractivity (Wildman–Crippen MR) is 106 cm³/mol. The molecule has 6 nitrogen and oxygen atoms in total. The van der Waals surface area contributed by atoms with Crippen LogP contribution in [0.15, 0.2) is 54.6 Å². The van der Waals surface area contributed by atoms with Crippen molar-refractivity contribution in [3.05, 3.63) is 65.7 Å². The molecule has 2 aromatic carbocycles. The lowest BCUT2D eigenvalue weighted by Crippen LogP contribution is -2.31. The highest BCUT2D eigenvalue weighted by Crippen LogP contribution is 2.64. The van der Waals surface area contributed by atoms with Crippen molar-refractivity contribution in [3.63, 3.8) is 0 Å². The second-order valence-electron chi connectivity index (χ2n) is 7.82. The Labute approximate surface area is 177 Å². The van der Waals surface area contributed by atoms with Crippen molar-refractivity contribution in [3.8, 4) is 5.75 Å². The molecule has 0 spiro atoms. The van der Waals surface area contributed by atoms with Crippen molar-refractivity contribution in [2.75, 3.05) is 19.8 Å². The third-order valence-corrected chi connectivity index (χ3v) is 6.36. The first-order valence-corrected chi connectivity index (χ1v) is 11.0. The Hall–Kier alpha value is -2.35. The van der Waals surface area contributed by atoms with E-state index in [1.165, 1.54) is 12.1 Å². The summed E-state index contributed by atoms with van der Waals surface area (Å²) >= 11 is 0. The monoisotopic (exact) mass is 458 g/mol. The quantitative estimate of drug-likeness (QED) is 0.415. The zero-order valence-electron chi connectivity index (χ0n) is 16.9. The maximum Gasteiger partial charge on any atom is 0.416 e. The normalized spacial score (nSPS) is 18.7. The average molecular weight is 458 g/mol. The zero-order valence-corrected chi connectivity index (χ0v) is 17.8. The van der Waals surface area contributed by atoms with E-state index in [2.05, 4.69) is 0 Å². The van der Waals surface area contributed by atoms with E-state index in [0.29, 0.717) is 5.56 Å². The average Bonchev–Trinajstić information content (AvgIpc) is 2.73. The molecule has 0 bridgehead atoms. The van der Waals surface area contributed by atoms with Crippen molar-refractivity contribution in [2.24, 2.45) is 5.41 Å². The molecule has 3 rings (SSSR count). The summed E-state index contributed by atoms with van der Waals surface area (Å²) in [6, 6.07) is 12.4. The van der Waals surface area contributed by atoms with Crippen LogP contribution in [0.1, 0.15) is 30.8 Å². The highest BCUT2D eigenvalue weighted by atomic mass is 31.2. The lowest BCUT2D eigenvalue weighted by molar-refractivity contribution is -0.149. The van der Waals surface area contributed by atoms with E-state index in [1.807, 2.05) is 13.8 Å². The lowest BCUT2D eigenvalue weighted by atomic mass is 9.97. The molecule has 0 amide bonds. The molecule has 10 heteroatoms. The van der Waals surface area contributed by atoms with Gasteiger partial charge in [-0.2, -0.15) is 13.2 Å². The second-order valence-corrected chi connectivity index (χ2v) is 9.88. The minimum Gasteiger partial charge on any atom is -0.482 e. The van der Waals surface area contributed by atoms with Crippen LogP contribution in [0.2, 0.25) is 0 Å². The van der Waals surface area contributed by atoms with Crippen LogP contribution in [0.5, 0.6) is 5.75 Å². The maximum atomic E-state index is 13.3. The van der Waals surface area contributed by atoms with Crippen LogP contribution in [-0.4, -0.2) is 25.8 Å². The summed E-state index contributed by atoms with van der Waals surface area (Å²) < 4.78 is 73.3. The molecular weight excluding hydrogens is 436 g/mol. The molecule has 1 unspecified atom stereocenters. The van der Waals surface area contributed by atoms with Gasteiger partial charge in [0, 0.05) is 11.0 Å². The summed E-state index contributed by atoms with van der Waals surface area (Å²) in [7, 11) is -3.85. The standard InChI is InChI=1S/C21H22F3O6P/c1-20(2)13-28-31(26,29-14-20)19(15-7-4-3-5-8-15)30-18(25)12-27-17-10-6-9-16(11-17)21(22,23)24/h3-11,19H,12-14H2,1-2H3. The van der Waals surface area contributed by atoms with Crippen LogP contribution < -0.4 is 4.74 Å². The Kier molecular flexibility index (Phi) is 6.79. The van der Waals surface area contributed by atoms with Gasteiger partial charge in [0.15, 0.2) is 6.61 Å². The Bertz CT molecular complexity index is 947. The molecule has 0 saturated carbocycles. The van der Waals surface area contributed by atoms with Gasteiger partial charge in [-0.3, -0.25) is 4.57 Å². The first kappa shape index (κ1) is 23.3. The summed E-state index contributed by atoms with van der Waals surface area (Å²) in [6.45, 7) is 3.36. The van der Waals surface area contributed by atoms with Gasteiger partial charge in [0.05, 0.1) is 18.8 Å². The fourth-order valence-corrected chi connectivity index (χ4v) is 4.93. The van der Waals surface area contributed by atoms with Gasteiger partial charge < -0.3 is 18.5 Å². The summed E-state index contributed by atoms with van der Waals surface area (Å²) in [5.41, 5.74) is -0.860. The van der Waals surface area contributed by atoms with E-state index in [4.69, 9.17) is 18.5 Å². The number of hydrogen-bond donors (Lipinski definition) is 0. The number of carbonyl (C=O) groups excluding carboxylic acids is 1. The van der Waals surface area contributed by atoms with Gasteiger partial charge in [-0.15, -0.1) is 0 Å². The molecule has 0 aliphatic carbocycles. The topological polar surface area (TPSA) is 71.1 Å². The van der Waals surface area contributed by atoms with Crippen molar-refractivity contribution >= 4 is 13.6 Å². The number of ether oxygens (including phenoxy) is 2. The van der Waals surface area contributed by atoms with Gasteiger partial charge in [-0.05, 0) is 18.2 Å². The molecule has 1 heterocycles. The lowest BCUT2D eigenvalue weighted by Gasteiger charge is -2.36. The number of benzene rings is 2. The van der Waals surface area contributed by atoms with Crippen molar-refractivity contribution < 1.29 is 41.1 Å². The van der Waals surface area contributed by atoms with E-state index in [9.17, 15) is 22.5 Å². The minimum atomic E-state index is -4.54. The SMILES string of the molecule is CC1(C)COP(=O)(C(OC(=O)COc2cccc(C(F)(F)F)c2)c2ccccc2)OC1.